The minimum Gasteiger partial charge on any atom is -0.462 e. The molecule has 162 valence electrons. The molecule has 0 saturated heterocycles. The van der Waals surface area contributed by atoms with E-state index in [0.717, 1.165) is 0 Å². The van der Waals surface area contributed by atoms with Gasteiger partial charge in [-0.25, -0.2) is 9.78 Å². The average Bonchev–Trinajstić information content (AvgIpc) is 3.04. The zero-order chi connectivity index (χ0) is 22.5. The van der Waals surface area contributed by atoms with E-state index in [4.69, 9.17) is 9.47 Å². The van der Waals surface area contributed by atoms with Gasteiger partial charge in [0.15, 0.2) is 6.61 Å². The van der Waals surface area contributed by atoms with Crippen molar-refractivity contribution in [3.63, 3.8) is 0 Å². The fraction of sp³-hybridized carbons (Fsp3) is 0.318. The molecule has 3 aromatic rings. The summed E-state index contributed by atoms with van der Waals surface area (Å²) in [7, 11) is 0. The number of nitrogens with one attached hydrogen (secondary N) is 2. The summed E-state index contributed by atoms with van der Waals surface area (Å²) in [4.78, 5) is 58.5. The first-order chi connectivity index (χ1) is 14.8. The van der Waals surface area contributed by atoms with Gasteiger partial charge in [0.2, 0.25) is 5.78 Å². The summed E-state index contributed by atoms with van der Waals surface area (Å²) < 4.78 is 10.1. The van der Waals surface area contributed by atoms with E-state index in [9.17, 15) is 19.2 Å². The third-order valence-electron chi connectivity index (χ3n) is 4.79. The number of carbonyl (C=O) groups is 3. The number of fused-ring (bicyclic) bond motifs is 1. The smallest absolute Gasteiger partial charge is 0.340 e. The molecule has 0 bridgehead atoms. The number of hydrogen-bond donors (Lipinski definition) is 2. The lowest BCUT2D eigenvalue weighted by Gasteiger charge is -2.05. The fourth-order valence-electron chi connectivity index (χ4n) is 3.30. The van der Waals surface area contributed by atoms with Crippen LogP contribution in [0.3, 0.4) is 0 Å². The van der Waals surface area contributed by atoms with Gasteiger partial charge in [0, 0.05) is 12.1 Å². The second kappa shape index (κ2) is 9.38. The third kappa shape index (κ3) is 4.88. The van der Waals surface area contributed by atoms with E-state index in [-0.39, 0.29) is 30.7 Å². The molecule has 9 heteroatoms. The summed E-state index contributed by atoms with van der Waals surface area (Å²) in [5.41, 5.74) is 1.74. The number of carbonyl (C=O) groups excluding carboxylic acids is 3. The zero-order valence-electron chi connectivity index (χ0n) is 17.5. The fourth-order valence-corrected chi connectivity index (χ4v) is 3.30. The van der Waals surface area contributed by atoms with Crippen molar-refractivity contribution in [2.24, 2.45) is 0 Å². The van der Waals surface area contributed by atoms with Gasteiger partial charge in [-0.2, -0.15) is 0 Å². The van der Waals surface area contributed by atoms with Crippen LogP contribution in [0.25, 0.3) is 10.9 Å². The second-order valence-electron chi connectivity index (χ2n) is 6.96. The standard InChI is InChI=1S/C22H23N3O6/c1-4-30-22(29)19-12(2)20(23-13(19)3)16(26)11-31-18(27)10-9-17-24-15-8-6-5-7-14(15)21(28)25-17/h5-8,23H,4,9-11H2,1-3H3,(H,24,25,28). The van der Waals surface area contributed by atoms with Gasteiger partial charge in [0.1, 0.15) is 5.82 Å². The quantitative estimate of drug-likeness (QED) is 0.418. The van der Waals surface area contributed by atoms with Gasteiger partial charge in [-0.05, 0) is 38.5 Å². The lowest BCUT2D eigenvalue weighted by molar-refractivity contribution is -0.142. The number of rotatable bonds is 8. The van der Waals surface area contributed by atoms with E-state index >= 15 is 0 Å². The molecule has 9 nitrogen and oxygen atoms in total. The van der Waals surface area contributed by atoms with Crippen molar-refractivity contribution in [2.75, 3.05) is 13.2 Å². The number of esters is 2. The summed E-state index contributed by atoms with van der Waals surface area (Å²) in [6.07, 6.45) is 0.117. The Kier molecular flexibility index (Phi) is 6.64. The van der Waals surface area contributed by atoms with Gasteiger partial charge in [-0.1, -0.05) is 12.1 Å². The average molecular weight is 425 g/mol. The van der Waals surface area contributed by atoms with Gasteiger partial charge in [0.05, 0.1) is 35.2 Å². The monoisotopic (exact) mass is 425 g/mol. The molecular weight excluding hydrogens is 402 g/mol. The zero-order valence-corrected chi connectivity index (χ0v) is 17.5. The highest BCUT2D eigenvalue weighted by Crippen LogP contribution is 2.19. The molecule has 0 amide bonds. The summed E-state index contributed by atoms with van der Waals surface area (Å²) >= 11 is 0. The van der Waals surface area contributed by atoms with Crippen LogP contribution in [-0.2, 0) is 20.7 Å². The van der Waals surface area contributed by atoms with E-state index in [0.29, 0.717) is 33.5 Å². The maximum atomic E-state index is 12.5. The summed E-state index contributed by atoms with van der Waals surface area (Å²) in [5.74, 6) is -1.21. The first-order valence-corrected chi connectivity index (χ1v) is 9.84. The highest BCUT2D eigenvalue weighted by atomic mass is 16.5. The van der Waals surface area contributed by atoms with Crippen molar-refractivity contribution in [3.8, 4) is 0 Å². The molecule has 0 saturated carbocycles. The Morgan fingerprint density at radius 2 is 1.81 bits per heavy atom. The molecule has 0 aliphatic carbocycles. The van der Waals surface area contributed by atoms with Crippen molar-refractivity contribution >= 4 is 28.6 Å². The molecule has 0 aliphatic rings. The lowest BCUT2D eigenvalue weighted by atomic mass is 10.1. The molecule has 3 rings (SSSR count). The molecule has 1 aromatic carbocycles. The molecule has 0 unspecified atom stereocenters. The van der Waals surface area contributed by atoms with Gasteiger partial charge >= 0.3 is 11.9 Å². The molecule has 2 aromatic heterocycles. The number of para-hydroxylation sites is 1. The molecule has 0 aliphatic heterocycles. The van der Waals surface area contributed by atoms with Gasteiger partial charge in [-0.3, -0.25) is 14.4 Å². The Bertz CT molecular complexity index is 1210. The van der Waals surface area contributed by atoms with Gasteiger partial charge in [0.25, 0.3) is 5.56 Å². The lowest BCUT2D eigenvalue weighted by Crippen LogP contribution is -2.17. The second-order valence-corrected chi connectivity index (χ2v) is 6.96. The minimum atomic E-state index is -0.601. The molecule has 0 atom stereocenters. The van der Waals surface area contributed by atoms with Crippen molar-refractivity contribution < 1.29 is 23.9 Å². The Labute approximate surface area is 177 Å². The highest BCUT2D eigenvalue weighted by Gasteiger charge is 2.23. The molecule has 0 spiro atoms. The van der Waals surface area contributed by atoms with E-state index < -0.39 is 24.3 Å². The molecule has 31 heavy (non-hydrogen) atoms. The number of Topliss-reactive ketones (excluding diaryl/α,β-unsaturated/α-hetero) is 1. The van der Waals surface area contributed by atoms with E-state index in [1.807, 2.05) is 0 Å². The van der Waals surface area contributed by atoms with Crippen LogP contribution in [0, 0.1) is 13.8 Å². The first kappa shape index (κ1) is 21.9. The number of aromatic amines is 2. The van der Waals surface area contributed by atoms with Crippen molar-refractivity contribution in [2.45, 2.75) is 33.6 Å². The number of ether oxygens (including phenoxy) is 2. The number of hydrogen-bond acceptors (Lipinski definition) is 7. The molecular formula is C22H23N3O6. The van der Waals surface area contributed by atoms with Crippen LogP contribution >= 0.6 is 0 Å². The van der Waals surface area contributed by atoms with Crippen molar-refractivity contribution in [1.82, 2.24) is 15.0 Å². The van der Waals surface area contributed by atoms with E-state index in [1.165, 1.54) is 0 Å². The number of benzene rings is 1. The summed E-state index contributed by atoms with van der Waals surface area (Å²) in [6.45, 7) is 4.75. The van der Waals surface area contributed by atoms with Crippen LogP contribution in [-0.4, -0.2) is 45.9 Å². The largest absolute Gasteiger partial charge is 0.462 e. The Balaban J connectivity index is 1.59. The molecule has 2 heterocycles. The third-order valence-corrected chi connectivity index (χ3v) is 4.79. The van der Waals surface area contributed by atoms with Crippen molar-refractivity contribution in [1.29, 1.82) is 0 Å². The van der Waals surface area contributed by atoms with Crippen LogP contribution in [0.15, 0.2) is 29.1 Å². The first-order valence-electron chi connectivity index (χ1n) is 9.84. The predicted octanol–water partition coefficient (Wildman–Crippen LogP) is 2.40. The predicted molar refractivity (Wildman–Crippen MR) is 112 cm³/mol. The molecule has 0 fully saturated rings. The number of aryl methyl sites for hydroxylation is 2. The van der Waals surface area contributed by atoms with Gasteiger partial charge < -0.3 is 19.4 Å². The summed E-state index contributed by atoms with van der Waals surface area (Å²) in [5, 5.41) is 0.471. The maximum absolute atomic E-state index is 12.5. The number of ketones is 1. The number of aromatic nitrogens is 3. The molecule has 0 radical (unpaired) electrons. The van der Waals surface area contributed by atoms with Gasteiger partial charge in [-0.15, -0.1) is 0 Å². The summed E-state index contributed by atoms with van der Waals surface area (Å²) in [6, 6.07) is 6.91. The van der Waals surface area contributed by atoms with Crippen LogP contribution in [0.5, 0.6) is 0 Å². The van der Waals surface area contributed by atoms with Crippen LogP contribution in [0.2, 0.25) is 0 Å². The number of nitrogens with zero attached hydrogens (tertiary/aromatic N) is 1. The number of H-pyrrole nitrogens is 2. The van der Waals surface area contributed by atoms with Crippen LogP contribution in [0.4, 0.5) is 0 Å². The maximum Gasteiger partial charge on any atom is 0.340 e. The van der Waals surface area contributed by atoms with Crippen LogP contribution < -0.4 is 5.56 Å². The molecule has 2 N–H and O–H groups in total. The Morgan fingerprint density at radius 1 is 1.06 bits per heavy atom. The Hall–Kier alpha value is -3.75. The van der Waals surface area contributed by atoms with Crippen molar-refractivity contribution in [3.05, 3.63) is 63.0 Å². The van der Waals surface area contributed by atoms with E-state index in [1.54, 1.807) is 45.0 Å². The normalized spacial score (nSPS) is 10.8. The van der Waals surface area contributed by atoms with Crippen LogP contribution in [0.1, 0.15) is 51.3 Å². The van der Waals surface area contributed by atoms with E-state index in [2.05, 4.69) is 15.0 Å². The highest BCUT2D eigenvalue weighted by molar-refractivity contribution is 6.02. The minimum absolute atomic E-state index is 0.0502. The topological polar surface area (TPSA) is 131 Å². The Morgan fingerprint density at radius 3 is 2.55 bits per heavy atom. The SMILES string of the molecule is CCOC(=O)c1c(C)[nH]c(C(=O)COC(=O)CCc2nc3ccccc3c(=O)[nH]2)c1C.